The van der Waals surface area contributed by atoms with Crippen molar-refractivity contribution in [3.05, 3.63) is 89.2 Å². The molecule has 0 saturated heterocycles. The minimum atomic E-state index is -3.86. The number of carbonyl (C=O) groups is 1. The van der Waals surface area contributed by atoms with Crippen LogP contribution >= 0.6 is 0 Å². The Bertz CT molecular complexity index is 1330. The normalized spacial score (nSPS) is 15.2. The number of fused-ring (bicyclic) bond motifs is 1. The quantitative estimate of drug-likeness (QED) is 0.492. The van der Waals surface area contributed by atoms with Crippen molar-refractivity contribution >= 4 is 21.6 Å². The molecule has 0 aromatic heterocycles. The Kier molecular flexibility index (Phi) is 6.61. The molecule has 1 amide bonds. The van der Waals surface area contributed by atoms with E-state index in [1.807, 2.05) is 32.0 Å². The molecule has 6 nitrogen and oxygen atoms in total. The molecule has 3 aromatic rings. The molecule has 0 bridgehead atoms. The fourth-order valence-corrected chi connectivity index (χ4v) is 6.08. The Morgan fingerprint density at radius 1 is 1.12 bits per heavy atom. The summed E-state index contributed by atoms with van der Waals surface area (Å²) in [6.45, 7) is 4.25. The van der Waals surface area contributed by atoms with Crippen LogP contribution in [0.5, 0.6) is 5.75 Å². The lowest BCUT2D eigenvalue weighted by Crippen LogP contribution is -2.36. The molecule has 0 fully saturated rings. The maximum atomic E-state index is 14.1. The van der Waals surface area contributed by atoms with Crippen LogP contribution in [0.25, 0.3) is 0 Å². The van der Waals surface area contributed by atoms with Gasteiger partial charge >= 0.3 is 0 Å². The zero-order chi connectivity index (χ0) is 24.5. The van der Waals surface area contributed by atoms with Gasteiger partial charge in [0, 0.05) is 24.7 Å². The first-order chi connectivity index (χ1) is 16.3. The number of sulfonamides is 1. The molecular weight excluding hydrogens is 455 g/mol. The van der Waals surface area contributed by atoms with E-state index in [4.69, 9.17) is 4.74 Å². The van der Waals surface area contributed by atoms with Crippen LogP contribution in [-0.2, 0) is 23.0 Å². The van der Waals surface area contributed by atoms with Crippen LogP contribution < -0.4 is 9.04 Å². The molecule has 3 aromatic carbocycles. The Labute approximate surface area is 199 Å². The molecule has 1 atom stereocenters. The third-order valence-corrected chi connectivity index (χ3v) is 7.97. The lowest BCUT2D eigenvalue weighted by Gasteiger charge is -2.25. The minimum Gasteiger partial charge on any atom is -0.494 e. The number of amides is 1. The molecule has 178 valence electrons. The van der Waals surface area contributed by atoms with E-state index >= 15 is 0 Å². The van der Waals surface area contributed by atoms with E-state index in [-0.39, 0.29) is 34.7 Å². The number of nitrogens with zero attached hydrogens (tertiary/aromatic N) is 2. The van der Waals surface area contributed by atoms with Crippen molar-refractivity contribution in [3.8, 4) is 5.75 Å². The van der Waals surface area contributed by atoms with Gasteiger partial charge in [-0.15, -0.1) is 0 Å². The van der Waals surface area contributed by atoms with Crippen LogP contribution in [0.3, 0.4) is 0 Å². The van der Waals surface area contributed by atoms with Crippen molar-refractivity contribution in [1.82, 2.24) is 4.90 Å². The van der Waals surface area contributed by atoms with Gasteiger partial charge in [-0.25, -0.2) is 12.8 Å². The highest BCUT2D eigenvalue weighted by atomic mass is 32.2. The summed E-state index contributed by atoms with van der Waals surface area (Å²) in [7, 11) is -2.47. The Balaban J connectivity index is 1.61. The van der Waals surface area contributed by atoms with Crippen molar-refractivity contribution in [2.75, 3.05) is 18.0 Å². The van der Waals surface area contributed by atoms with E-state index in [2.05, 4.69) is 0 Å². The van der Waals surface area contributed by atoms with Crippen molar-refractivity contribution in [1.29, 1.82) is 0 Å². The zero-order valence-electron chi connectivity index (χ0n) is 19.4. The molecule has 0 spiro atoms. The fraction of sp³-hybridized carbons (Fsp3) is 0.269. The number of halogens is 1. The van der Waals surface area contributed by atoms with Gasteiger partial charge in [0.05, 0.1) is 17.7 Å². The van der Waals surface area contributed by atoms with E-state index in [0.29, 0.717) is 24.2 Å². The SMILES string of the molecule is CCN(Cc1ccc(OC)c(F)c1)C(=O)c1cccc(S(=O)(=O)N2c3ccccc3C[C@H]2C)c1. The standard InChI is InChI=1S/C26H27FN2O4S/c1-4-28(17-19-12-13-25(33-3)23(27)15-19)26(30)21-9-7-10-22(16-21)34(31,32)29-18(2)14-20-8-5-6-11-24(20)29/h5-13,15-16,18H,4,14,17H2,1-3H3/t18-/m1/s1. The molecule has 34 heavy (non-hydrogen) atoms. The van der Waals surface area contributed by atoms with Gasteiger partial charge in [0.2, 0.25) is 0 Å². The van der Waals surface area contributed by atoms with Crippen LogP contribution in [0.4, 0.5) is 10.1 Å². The molecule has 1 aliphatic heterocycles. The van der Waals surface area contributed by atoms with Crippen LogP contribution in [0, 0.1) is 5.82 Å². The van der Waals surface area contributed by atoms with E-state index < -0.39 is 15.8 Å². The molecule has 0 unspecified atom stereocenters. The molecule has 0 saturated carbocycles. The Hall–Kier alpha value is -3.39. The van der Waals surface area contributed by atoms with Gasteiger partial charge in [-0.3, -0.25) is 9.10 Å². The van der Waals surface area contributed by atoms with Crippen molar-refractivity contribution in [3.63, 3.8) is 0 Å². The van der Waals surface area contributed by atoms with E-state index in [0.717, 1.165) is 5.56 Å². The molecule has 8 heteroatoms. The van der Waals surface area contributed by atoms with E-state index in [1.165, 1.54) is 35.7 Å². The topological polar surface area (TPSA) is 66.9 Å². The summed E-state index contributed by atoms with van der Waals surface area (Å²) in [5, 5.41) is 0. The summed E-state index contributed by atoms with van der Waals surface area (Å²) in [6.07, 6.45) is 0.635. The van der Waals surface area contributed by atoms with Crippen molar-refractivity contribution in [2.24, 2.45) is 0 Å². The lowest BCUT2D eigenvalue weighted by molar-refractivity contribution is 0.0752. The van der Waals surface area contributed by atoms with Gasteiger partial charge in [-0.1, -0.05) is 30.3 Å². The monoisotopic (exact) mass is 482 g/mol. The molecule has 4 rings (SSSR count). The predicted molar refractivity (Wildman–Crippen MR) is 129 cm³/mol. The third-order valence-electron chi connectivity index (χ3n) is 6.04. The third kappa shape index (κ3) is 4.37. The number of ether oxygens (including phenoxy) is 1. The first kappa shape index (κ1) is 23.8. The van der Waals surface area contributed by atoms with E-state index in [9.17, 15) is 17.6 Å². The molecule has 0 aliphatic carbocycles. The summed E-state index contributed by atoms with van der Waals surface area (Å²) in [4.78, 5) is 14.9. The Morgan fingerprint density at radius 3 is 2.59 bits per heavy atom. The second kappa shape index (κ2) is 9.46. The molecule has 0 N–H and O–H groups in total. The molecular formula is C26H27FN2O4S. The number of anilines is 1. The second-order valence-electron chi connectivity index (χ2n) is 8.30. The number of hydrogen-bond acceptors (Lipinski definition) is 4. The summed E-state index contributed by atoms with van der Waals surface area (Å²) < 4.78 is 47.6. The van der Waals surface area contributed by atoms with Gasteiger partial charge in [0.25, 0.3) is 15.9 Å². The first-order valence-corrected chi connectivity index (χ1v) is 12.5. The average Bonchev–Trinajstić information content (AvgIpc) is 3.18. The number of carbonyl (C=O) groups excluding carboxylic acids is 1. The van der Waals surface area contributed by atoms with Crippen LogP contribution in [-0.4, -0.2) is 38.9 Å². The van der Waals surface area contributed by atoms with Crippen molar-refractivity contribution in [2.45, 2.75) is 37.8 Å². The maximum absolute atomic E-state index is 14.1. The number of para-hydroxylation sites is 1. The number of rotatable bonds is 7. The highest BCUT2D eigenvalue weighted by molar-refractivity contribution is 7.92. The number of methoxy groups -OCH3 is 1. The van der Waals surface area contributed by atoms with Crippen molar-refractivity contribution < 1.29 is 22.3 Å². The predicted octanol–water partition coefficient (Wildman–Crippen LogP) is 4.64. The molecule has 0 radical (unpaired) electrons. The van der Waals surface area contributed by atoms with Gasteiger partial charge in [-0.2, -0.15) is 0 Å². The maximum Gasteiger partial charge on any atom is 0.264 e. The lowest BCUT2D eigenvalue weighted by atomic mass is 10.1. The average molecular weight is 483 g/mol. The van der Waals surface area contributed by atoms with Crippen LogP contribution in [0.15, 0.2) is 71.6 Å². The Morgan fingerprint density at radius 2 is 1.88 bits per heavy atom. The largest absolute Gasteiger partial charge is 0.494 e. The van der Waals surface area contributed by atoms with Crippen LogP contribution in [0.1, 0.15) is 35.3 Å². The fourth-order valence-electron chi connectivity index (χ4n) is 4.34. The summed E-state index contributed by atoms with van der Waals surface area (Å²) in [5.74, 6) is -0.698. The number of benzene rings is 3. The molecule has 1 aliphatic rings. The zero-order valence-corrected chi connectivity index (χ0v) is 20.2. The van der Waals surface area contributed by atoms with E-state index in [1.54, 1.807) is 29.2 Å². The smallest absolute Gasteiger partial charge is 0.264 e. The van der Waals surface area contributed by atoms with Gasteiger partial charge < -0.3 is 9.64 Å². The summed E-state index contributed by atoms with van der Waals surface area (Å²) in [6, 6.07) is 17.9. The highest BCUT2D eigenvalue weighted by Gasteiger charge is 2.36. The van der Waals surface area contributed by atoms with Gasteiger partial charge in [0.1, 0.15) is 0 Å². The minimum absolute atomic E-state index is 0.0634. The molecule has 1 heterocycles. The summed E-state index contributed by atoms with van der Waals surface area (Å²) in [5.41, 5.74) is 2.52. The number of hydrogen-bond donors (Lipinski definition) is 0. The van der Waals surface area contributed by atoms with Crippen LogP contribution in [0.2, 0.25) is 0 Å². The summed E-state index contributed by atoms with van der Waals surface area (Å²) >= 11 is 0. The van der Waals surface area contributed by atoms with Gasteiger partial charge in [0.15, 0.2) is 11.6 Å². The van der Waals surface area contributed by atoms with Gasteiger partial charge in [-0.05, 0) is 67.8 Å². The first-order valence-electron chi connectivity index (χ1n) is 11.1. The highest BCUT2D eigenvalue weighted by Crippen LogP contribution is 2.36. The second-order valence-corrected chi connectivity index (χ2v) is 10.1.